The minimum Gasteiger partial charge on any atom is -0.452 e. The lowest BCUT2D eigenvalue weighted by Crippen LogP contribution is -2.23. The average molecular weight is 434 g/mol. The van der Waals surface area contributed by atoms with Crippen LogP contribution in [-0.2, 0) is 13.1 Å². The zero-order valence-electron chi connectivity index (χ0n) is 17.7. The second-order valence-corrected chi connectivity index (χ2v) is 7.84. The highest BCUT2D eigenvalue weighted by molar-refractivity contribution is 6.01. The second-order valence-electron chi connectivity index (χ2n) is 7.84. The summed E-state index contributed by atoms with van der Waals surface area (Å²) in [6.07, 6.45) is 0. The monoisotopic (exact) mass is 434 g/mol. The van der Waals surface area contributed by atoms with Crippen molar-refractivity contribution in [1.82, 2.24) is 4.90 Å². The number of rotatable bonds is 5. The molecule has 0 spiro atoms. The Morgan fingerprint density at radius 3 is 2.36 bits per heavy atom. The zero-order chi connectivity index (χ0) is 22.8. The van der Waals surface area contributed by atoms with E-state index < -0.39 is 5.82 Å². The largest absolute Gasteiger partial charge is 0.452 e. The fourth-order valence-corrected chi connectivity index (χ4v) is 4.06. The quantitative estimate of drug-likeness (QED) is 0.370. The molecule has 1 aliphatic rings. The predicted molar refractivity (Wildman–Crippen MR) is 123 cm³/mol. The van der Waals surface area contributed by atoms with E-state index in [0.29, 0.717) is 18.7 Å². The molecule has 4 aromatic rings. The number of carbonyl (C=O) groups excluding carboxylic acids is 1. The molecule has 0 aromatic heterocycles. The Morgan fingerprint density at radius 2 is 1.61 bits per heavy atom. The van der Waals surface area contributed by atoms with Crippen LogP contribution in [0.1, 0.15) is 27.0 Å². The van der Waals surface area contributed by atoms with Gasteiger partial charge in [0, 0.05) is 13.1 Å². The van der Waals surface area contributed by atoms with Crippen LogP contribution in [0.4, 0.5) is 4.39 Å². The molecule has 0 saturated heterocycles. The Hall–Kier alpha value is -4.43. The number of nitriles is 1. The molecule has 1 heterocycles. The van der Waals surface area contributed by atoms with Gasteiger partial charge in [0.25, 0.3) is 5.91 Å². The fraction of sp³-hybridized carbons (Fsp3) is 0.0714. The van der Waals surface area contributed by atoms with Gasteiger partial charge in [-0.25, -0.2) is 4.39 Å². The molecule has 1 aliphatic heterocycles. The third kappa shape index (κ3) is 3.95. The standard InChI is InChI=1S/C28H19FN2O2/c29-24-10-4-8-22(16-30)27(24)33-25-11-5-9-23-18-31(28(32)26(23)25)17-19-12-14-21(15-13-19)20-6-2-1-3-7-20/h1-15H,17-18H2. The van der Waals surface area contributed by atoms with Crippen LogP contribution in [0.15, 0.2) is 91.0 Å². The van der Waals surface area contributed by atoms with Gasteiger partial charge in [0.1, 0.15) is 11.8 Å². The summed E-state index contributed by atoms with van der Waals surface area (Å²) >= 11 is 0. The topological polar surface area (TPSA) is 53.3 Å². The van der Waals surface area contributed by atoms with E-state index in [1.807, 2.05) is 42.5 Å². The van der Waals surface area contributed by atoms with Gasteiger partial charge in [-0.15, -0.1) is 0 Å². The summed E-state index contributed by atoms with van der Waals surface area (Å²) in [6, 6.07) is 29.6. The SMILES string of the molecule is N#Cc1cccc(F)c1Oc1cccc2c1C(=O)N(Cc1ccc(-c3ccccc3)cc1)C2. The average Bonchev–Trinajstić information content (AvgIpc) is 3.17. The number of hydrogen-bond donors (Lipinski definition) is 0. The third-order valence-electron chi connectivity index (χ3n) is 5.71. The van der Waals surface area contributed by atoms with Crippen molar-refractivity contribution in [3.63, 3.8) is 0 Å². The lowest BCUT2D eigenvalue weighted by molar-refractivity contribution is 0.0765. The van der Waals surface area contributed by atoms with E-state index in [0.717, 1.165) is 22.3 Å². The van der Waals surface area contributed by atoms with Crippen molar-refractivity contribution in [3.05, 3.63) is 119 Å². The van der Waals surface area contributed by atoms with E-state index in [4.69, 9.17) is 4.74 Å². The van der Waals surface area contributed by atoms with Gasteiger partial charge in [0.05, 0.1) is 11.1 Å². The number of amides is 1. The molecule has 0 fully saturated rings. The van der Waals surface area contributed by atoms with E-state index in [9.17, 15) is 14.4 Å². The van der Waals surface area contributed by atoms with Crippen LogP contribution in [0.5, 0.6) is 11.5 Å². The number of fused-ring (bicyclic) bond motifs is 1. The number of halogens is 1. The molecular weight excluding hydrogens is 415 g/mol. The number of carbonyl (C=O) groups is 1. The summed E-state index contributed by atoms with van der Waals surface area (Å²) in [7, 11) is 0. The van der Waals surface area contributed by atoms with Crippen molar-refractivity contribution in [3.8, 4) is 28.7 Å². The van der Waals surface area contributed by atoms with Crippen LogP contribution in [0.3, 0.4) is 0 Å². The van der Waals surface area contributed by atoms with Crippen LogP contribution in [0.25, 0.3) is 11.1 Å². The van der Waals surface area contributed by atoms with E-state index in [1.165, 1.54) is 18.2 Å². The Balaban J connectivity index is 1.38. The van der Waals surface area contributed by atoms with Gasteiger partial charge in [0.15, 0.2) is 11.6 Å². The maximum absolute atomic E-state index is 14.3. The predicted octanol–water partition coefficient (Wildman–Crippen LogP) is 6.31. The molecular formula is C28H19FN2O2. The molecule has 4 nitrogen and oxygen atoms in total. The van der Waals surface area contributed by atoms with Gasteiger partial charge in [-0.05, 0) is 40.5 Å². The first kappa shape index (κ1) is 20.5. The van der Waals surface area contributed by atoms with E-state index >= 15 is 0 Å². The fourth-order valence-electron chi connectivity index (χ4n) is 4.06. The molecule has 0 N–H and O–H groups in total. The van der Waals surface area contributed by atoms with E-state index in [1.54, 1.807) is 17.0 Å². The summed E-state index contributed by atoms with van der Waals surface area (Å²) in [5, 5.41) is 9.29. The molecule has 4 aromatic carbocycles. The van der Waals surface area contributed by atoms with Crippen LogP contribution >= 0.6 is 0 Å². The van der Waals surface area contributed by atoms with Gasteiger partial charge in [-0.3, -0.25) is 4.79 Å². The van der Waals surface area contributed by atoms with E-state index in [-0.39, 0.29) is 23.0 Å². The summed E-state index contributed by atoms with van der Waals surface area (Å²) < 4.78 is 20.1. The Kier molecular flexibility index (Phi) is 5.34. The molecule has 1 amide bonds. The van der Waals surface area contributed by atoms with Crippen LogP contribution < -0.4 is 4.74 Å². The van der Waals surface area contributed by atoms with Crippen molar-refractivity contribution in [2.45, 2.75) is 13.1 Å². The number of nitrogens with zero attached hydrogens (tertiary/aromatic N) is 2. The first-order valence-corrected chi connectivity index (χ1v) is 10.6. The summed E-state index contributed by atoms with van der Waals surface area (Å²) in [4.78, 5) is 15.0. The van der Waals surface area contributed by atoms with Crippen molar-refractivity contribution in [2.75, 3.05) is 0 Å². The highest BCUT2D eigenvalue weighted by Crippen LogP contribution is 2.36. The van der Waals surface area contributed by atoms with Gasteiger partial charge in [-0.2, -0.15) is 5.26 Å². The highest BCUT2D eigenvalue weighted by atomic mass is 19.1. The van der Waals surface area contributed by atoms with Crippen molar-refractivity contribution in [1.29, 1.82) is 5.26 Å². The zero-order valence-corrected chi connectivity index (χ0v) is 17.7. The summed E-state index contributed by atoms with van der Waals surface area (Å²) in [6.45, 7) is 0.888. The maximum atomic E-state index is 14.3. The minimum absolute atomic E-state index is 0.0772. The number of benzene rings is 4. The van der Waals surface area contributed by atoms with Crippen LogP contribution in [0, 0.1) is 17.1 Å². The van der Waals surface area contributed by atoms with Crippen LogP contribution in [0.2, 0.25) is 0 Å². The highest BCUT2D eigenvalue weighted by Gasteiger charge is 2.31. The van der Waals surface area contributed by atoms with Crippen LogP contribution in [-0.4, -0.2) is 10.8 Å². The van der Waals surface area contributed by atoms with Gasteiger partial charge < -0.3 is 9.64 Å². The van der Waals surface area contributed by atoms with Crippen molar-refractivity contribution >= 4 is 5.91 Å². The number of ether oxygens (including phenoxy) is 1. The molecule has 5 rings (SSSR count). The molecule has 160 valence electrons. The Bertz CT molecular complexity index is 1380. The summed E-state index contributed by atoms with van der Waals surface area (Å²) in [5.74, 6) is -0.743. The lowest BCUT2D eigenvalue weighted by atomic mass is 10.0. The summed E-state index contributed by atoms with van der Waals surface area (Å²) in [5.41, 5.74) is 4.57. The first-order chi connectivity index (χ1) is 16.1. The molecule has 0 bridgehead atoms. The maximum Gasteiger partial charge on any atom is 0.258 e. The first-order valence-electron chi connectivity index (χ1n) is 10.6. The molecule has 0 saturated carbocycles. The molecule has 0 atom stereocenters. The molecule has 0 radical (unpaired) electrons. The van der Waals surface area contributed by atoms with Crippen molar-refractivity contribution < 1.29 is 13.9 Å². The van der Waals surface area contributed by atoms with Gasteiger partial charge >= 0.3 is 0 Å². The second kappa shape index (κ2) is 8.60. The number of para-hydroxylation sites is 1. The molecule has 5 heteroatoms. The molecule has 33 heavy (non-hydrogen) atoms. The van der Waals surface area contributed by atoms with Gasteiger partial charge in [-0.1, -0.05) is 72.8 Å². The van der Waals surface area contributed by atoms with Crippen molar-refractivity contribution in [2.24, 2.45) is 0 Å². The third-order valence-corrected chi connectivity index (χ3v) is 5.71. The number of hydrogen-bond acceptors (Lipinski definition) is 3. The lowest BCUT2D eigenvalue weighted by Gasteiger charge is -2.16. The molecule has 0 unspecified atom stereocenters. The normalized spacial score (nSPS) is 12.4. The smallest absolute Gasteiger partial charge is 0.258 e. The Labute approximate surface area is 191 Å². The minimum atomic E-state index is -0.646. The van der Waals surface area contributed by atoms with E-state index in [2.05, 4.69) is 24.3 Å². The molecule has 0 aliphatic carbocycles. The van der Waals surface area contributed by atoms with Gasteiger partial charge in [0.2, 0.25) is 0 Å². The Morgan fingerprint density at radius 1 is 0.879 bits per heavy atom.